The van der Waals surface area contributed by atoms with Crippen LogP contribution < -0.4 is 11.1 Å². The zero-order chi connectivity index (χ0) is 15.7. The van der Waals surface area contributed by atoms with E-state index in [1.807, 2.05) is 0 Å². The third kappa shape index (κ3) is 6.16. The van der Waals surface area contributed by atoms with Gasteiger partial charge in [-0.3, -0.25) is 4.79 Å². The molecule has 0 aliphatic carbocycles. The van der Waals surface area contributed by atoms with Crippen molar-refractivity contribution >= 4 is 23.3 Å². The molecule has 1 atom stereocenters. The van der Waals surface area contributed by atoms with Crippen LogP contribution in [0.2, 0.25) is 0 Å². The highest BCUT2D eigenvalue weighted by molar-refractivity contribution is 5.80. The molecule has 0 amide bonds. The van der Waals surface area contributed by atoms with E-state index in [0.717, 1.165) is 5.69 Å². The van der Waals surface area contributed by atoms with Crippen molar-refractivity contribution in [2.45, 2.75) is 32.7 Å². The van der Waals surface area contributed by atoms with Crippen LogP contribution in [0.5, 0.6) is 0 Å². The highest BCUT2D eigenvalue weighted by atomic mass is 16.5. The van der Waals surface area contributed by atoms with Gasteiger partial charge in [0.05, 0.1) is 13.2 Å². The van der Waals surface area contributed by atoms with Crippen LogP contribution in [0, 0.1) is 0 Å². The third-order valence-electron chi connectivity index (χ3n) is 2.77. The number of carbonyl (C=O) groups is 2. The van der Waals surface area contributed by atoms with Gasteiger partial charge in [0.15, 0.2) is 0 Å². The standard InChI is InChI=1S/C15H22N2O4/c1-3-20-14(18)10-9-13(15(19)21-4-2)17-12-7-5-11(16)6-8-12/h5-8,13,17H,3-4,9-10,16H2,1-2H3. The molecule has 0 radical (unpaired) electrons. The van der Waals surface area contributed by atoms with E-state index in [1.54, 1.807) is 38.1 Å². The first-order chi connectivity index (χ1) is 10.1. The van der Waals surface area contributed by atoms with Crippen LogP contribution in [0.25, 0.3) is 0 Å². The first-order valence-electron chi connectivity index (χ1n) is 7.01. The van der Waals surface area contributed by atoms with E-state index in [0.29, 0.717) is 18.7 Å². The number of esters is 2. The minimum atomic E-state index is -0.599. The average Bonchev–Trinajstić information content (AvgIpc) is 2.46. The van der Waals surface area contributed by atoms with E-state index in [4.69, 9.17) is 15.2 Å². The van der Waals surface area contributed by atoms with Crippen molar-refractivity contribution in [2.75, 3.05) is 24.3 Å². The fourth-order valence-electron chi connectivity index (χ4n) is 1.77. The number of anilines is 2. The Morgan fingerprint density at radius 1 is 1.14 bits per heavy atom. The summed E-state index contributed by atoms with van der Waals surface area (Å²) in [5.74, 6) is -0.718. The predicted octanol–water partition coefficient (Wildman–Crippen LogP) is 1.96. The van der Waals surface area contributed by atoms with Gasteiger partial charge in [-0.1, -0.05) is 0 Å². The van der Waals surface area contributed by atoms with Crippen molar-refractivity contribution in [2.24, 2.45) is 0 Å². The molecule has 0 aliphatic rings. The number of ether oxygens (including phenoxy) is 2. The minimum absolute atomic E-state index is 0.152. The zero-order valence-electron chi connectivity index (χ0n) is 12.4. The summed E-state index contributed by atoms with van der Waals surface area (Å²) in [6.45, 7) is 4.10. The van der Waals surface area contributed by atoms with E-state index in [-0.39, 0.29) is 19.0 Å². The molecule has 6 nitrogen and oxygen atoms in total. The molecule has 21 heavy (non-hydrogen) atoms. The van der Waals surface area contributed by atoms with Crippen LogP contribution in [0.1, 0.15) is 26.7 Å². The summed E-state index contributed by atoms with van der Waals surface area (Å²) in [5, 5.41) is 3.05. The zero-order valence-corrected chi connectivity index (χ0v) is 12.4. The largest absolute Gasteiger partial charge is 0.466 e. The van der Waals surface area contributed by atoms with E-state index in [2.05, 4.69) is 5.32 Å². The third-order valence-corrected chi connectivity index (χ3v) is 2.77. The van der Waals surface area contributed by atoms with Crippen LogP contribution in [0.4, 0.5) is 11.4 Å². The SMILES string of the molecule is CCOC(=O)CCC(Nc1ccc(N)cc1)C(=O)OCC. The molecular weight excluding hydrogens is 272 g/mol. The summed E-state index contributed by atoms with van der Waals surface area (Å²) in [7, 11) is 0. The van der Waals surface area contributed by atoms with E-state index in [1.165, 1.54) is 0 Å². The minimum Gasteiger partial charge on any atom is -0.466 e. The second-order valence-corrected chi connectivity index (χ2v) is 4.41. The van der Waals surface area contributed by atoms with Crippen molar-refractivity contribution in [3.8, 4) is 0 Å². The van der Waals surface area contributed by atoms with Gasteiger partial charge >= 0.3 is 11.9 Å². The summed E-state index contributed by atoms with van der Waals surface area (Å²) in [4.78, 5) is 23.3. The number of hydrogen-bond acceptors (Lipinski definition) is 6. The Kier molecular flexibility index (Phi) is 7.08. The van der Waals surface area contributed by atoms with Gasteiger partial charge in [-0.2, -0.15) is 0 Å². The Labute approximate surface area is 124 Å². The Morgan fingerprint density at radius 3 is 2.33 bits per heavy atom. The Balaban J connectivity index is 2.65. The van der Waals surface area contributed by atoms with E-state index < -0.39 is 12.0 Å². The molecule has 0 fully saturated rings. The maximum atomic E-state index is 11.9. The second-order valence-electron chi connectivity index (χ2n) is 4.41. The first-order valence-corrected chi connectivity index (χ1v) is 7.01. The summed E-state index contributed by atoms with van der Waals surface area (Å²) in [6.07, 6.45) is 0.460. The van der Waals surface area contributed by atoms with Gasteiger partial charge in [0.2, 0.25) is 0 Å². The van der Waals surface area contributed by atoms with Crippen molar-refractivity contribution in [1.29, 1.82) is 0 Å². The molecule has 0 aromatic heterocycles. The number of carbonyl (C=O) groups excluding carboxylic acids is 2. The topological polar surface area (TPSA) is 90.6 Å². The van der Waals surface area contributed by atoms with Crippen LogP contribution in [-0.2, 0) is 19.1 Å². The molecule has 116 valence electrons. The van der Waals surface area contributed by atoms with Crippen molar-refractivity contribution < 1.29 is 19.1 Å². The molecule has 1 aromatic carbocycles. The Hall–Kier alpha value is -2.24. The number of nitrogens with two attached hydrogens (primary N) is 1. The second kappa shape index (κ2) is 8.84. The van der Waals surface area contributed by atoms with Gasteiger partial charge in [-0.05, 0) is 44.5 Å². The number of nitrogens with one attached hydrogen (secondary N) is 1. The lowest BCUT2D eigenvalue weighted by Crippen LogP contribution is -2.32. The summed E-state index contributed by atoms with van der Waals surface area (Å²) in [6, 6.07) is 6.40. The van der Waals surface area contributed by atoms with Gasteiger partial charge in [0.1, 0.15) is 6.04 Å². The number of benzene rings is 1. The highest BCUT2D eigenvalue weighted by Crippen LogP contribution is 2.14. The highest BCUT2D eigenvalue weighted by Gasteiger charge is 2.21. The summed E-state index contributed by atoms with van der Waals surface area (Å²) >= 11 is 0. The molecule has 0 saturated carbocycles. The molecule has 1 unspecified atom stereocenters. The van der Waals surface area contributed by atoms with Crippen LogP contribution in [0.15, 0.2) is 24.3 Å². The van der Waals surface area contributed by atoms with Gasteiger partial charge in [-0.15, -0.1) is 0 Å². The van der Waals surface area contributed by atoms with Gasteiger partial charge < -0.3 is 20.5 Å². The Bertz CT molecular complexity index is 459. The van der Waals surface area contributed by atoms with E-state index >= 15 is 0 Å². The maximum absolute atomic E-state index is 11.9. The van der Waals surface area contributed by atoms with Gasteiger partial charge in [0.25, 0.3) is 0 Å². The van der Waals surface area contributed by atoms with Crippen LogP contribution >= 0.6 is 0 Å². The quantitative estimate of drug-likeness (QED) is 0.562. The van der Waals surface area contributed by atoms with Crippen molar-refractivity contribution in [3.63, 3.8) is 0 Å². The molecule has 0 heterocycles. The molecular formula is C15H22N2O4. The molecule has 0 bridgehead atoms. The maximum Gasteiger partial charge on any atom is 0.328 e. The monoisotopic (exact) mass is 294 g/mol. The number of hydrogen-bond donors (Lipinski definition) is 2. The lowest BCUT2D eigenvalue weighted by molar-refractivity contribution is -0.145. The smallest absolute Gasteiger partial charge is 0.328 e. The first kappa shape index (κ1) is 16.8. The predicted molar refractivity (Wildman–Crippen MR) is 80.8 cm³/mol. The van der Waals surface area contributed by atoms with Crippen LogP contribution in [0.3, 0.4) is 0 Å². The van der Waals surface area contributed by atoms with Crippen LogP contribution in [-0.4, -0.2) is 31.2 Å². The number of rotatable bonds is 8. The molecule has 3 N–H and O–H groups in total. The molecule has 1 aromatic rings. The molecule has 0 aliphatic heterocycles. The molecule has 0 spiro atoms. The van der Waals surface area contributed by atoms with E-state index in [9.17, 15) is 9.59 Å². The van der Waals surface area contributed by atoms with Gasteiger partial charge in [-0.25, -0.2) is 4.79 Å². The van der Waals surface area contributed by atoms with Gasteiger partial charge in [0, 0.05) is 17.8 Å². The van der Waals surface area contributed by atoms with Crippen molar-refractivity contribution in [3.05, 3.63) is 24.3 Å². The lowest BCUT2D eigenvalue weighted by Gasteiger charge is -2.18. The summed E-state index contributed by atoms with van der Waals surface area (Å²) in [5.41, 5.74) is 7.00. The van der Waals surface area contributed by atoms with Crippen molar-refractivity contribution in [1.82, 2.24) is 0 Å². The number of nitrogen functional groups attached to an aromatic ring is 1. The lowest BCUT2D eigenvalue weighted by atomic mass is 10.1. The molecule has 1 rings (SSSR count). The molecule has 6 heteroatoms. The average molecular weight is 294 g/mol. The fourth-order valence-corrected chi connectivity index (χ4v) is 1.77. The summed E-state index contributed by atoms with van der Waals surface area (Å²) < 4.78 is 9.88. The normalized spacial score (nSPS) is 11.5. The molecule has 0 saturated heterocycles. The fraction of sp³-hybridized carbons (Fsp3) is 0.467. The Morgan fingerprint density at radius 2 is 1.76 bits per heavy atom.